The second-order valence-corrected chi connectivity index (χ2v) is 5.66. The van der Waals surface area contributed by atoms with E-state index in [0.29, 0.717) is 13.1 Å². The molecule has 1 atom stereocenters. The van der Waals surface area contributed by atoms with Crippen LogP contribution >= 0.6 is 0 Å². The summed E-state index contributed by atoms with van der Waals surface area (Å²) >= 11 is 0. The first-order valence-electron chi connectivity index (χ1n) is 7.52. The number of hydrogen-bond acceptors (Lipinski definition) is 4. The average molecular weight is 305 g/mol. The third kappa shape index (κ3) is 4.05. The van der Waals surface area contributed by atoms with Gasteiger partial charge in [0.2, 0.25) is 5.91 Å². The Kier molecular flexibility index (Phi) is 5.51. The van der Waals surface area contributed by atoms with E-state index in [1.54, 1.807) is 0 Å². The lowest BCUT2D eigenvalue weighted by atomic mass is 10.1. The fourth-order valence-electron chi connectivity index (χ4n) is 2.74. The predicted molar refractivity (Wildman–Crippen MR) is 85.0 cm³/mol. The minimum absolute atomic E-state index is 0.0386. The predicted octanol–water partition coefficient (Wildman–Crippen LogP) is 0.990. The minimum atomic E-state index is -0.946. The van der Waals surface area contributed by atoms with Gasteiger partial charge in [0.15, 0.2) is 0 Å². The minimum Gasteiger partial charge on any atom is -0.480 e. The third-order valence-corrected chi connectivity index (χ3v) is 4.00. The number of carboxylic acid groups (broad SMARTS) is 1. The van der Waals surface area contributed by atoms with Gasteiger partial charge in [0.05, 0.1) is 6.42 Å². The Labute approximate surface area is 130 Å². The van der Waals surface area contributed by atoms with E-state index in [0.717, 1.165) is 29.9 Å². The molecule has 1 fully saturated rings. The molecule has 0 aromatic heterocycles. The van der Waals surface area contributed by atoms with E-state index in [1.807, 2.05) is 36.9 Å². The molecule has 22 heavy (non-hydrogen) atoms. The summed E-state index contributed by atoms with van der Waals surface area (Å²) in [5, 5.41) is 15.4. The molecule has 1 amide bonds. The number of piperazine rings is 1. The van der Waals surface area contributed by atoms with Crippen LogP contribution in [0, 0.1) is 13.8 Å². The van der Waals surface area contributed by atoms with Crippen LogP contribution in [0.3, 0.4) is 0 Å². The van der Waals surface area contributed by atoms with Crippen LogP contribution in [-0.4, -0.2) is 54.1 Å². The molecule has 0 aliphatic carbocycles. The summed E-state index contributed by atoms with van der Waals surface area (Å²) in [6.45, 7) is 6.65. The lowest BCUT2D eigenvalue weighted by Gasteiger charge is -2.32. The number of benzene rings is 1. The number of amides is 1. The van der Waals surface area contributed by atoms with Gasteiger partial charge >= 0.3 is 5.97 Å². The maximum atomic E-state index is 12.3. The molecule has 6 heteroatoms. The largest absolute Gasteiger partial charge is 0.480 e. The molecule has 1 aromatic carbocycles. The summed E-state index contributed by atoms with van der Waals surface area (Å²) in [6.07, 6.45) is -0.0386. The first kappa shape index (κ1) is 16.5. The molecule has 0 spiro atoms. The van der Waals surface area contributed by atoms with Crippen LogP contribution < -0.4 is 10.6 Å². The maximum absolute atomic E-state index is 12.3. The van der Waals surface area contributed by atoms with Gasteiger partial charge in [-0.05, 0) is 25.0 Å². The molecule has 1 aliphatic rings. The van der Waals surface area contributed by atoms with Crippen LogP contribution in [0.15, 0.2) is 18.2 Å². The van der Waals surface area contributed by atoms with Crippen molar-refractivity contribution in [3.05, 3.63) is 29.3 Å². The Morgan fingerprint density at radius 3 is 2.41 bits per heavy atom. The molecule has 1 aliphatic heterocycles. The summed E-state index contributed by atoms with van der Waals surface area (Å²) in [4.78, 5) is 25.6. The van der Waals surface area contributed by atoms with E-state index in [9.17, 15) is 14.7 Å². The molecule has 0 radical (unpaired) electrons. The van der Waals surface area contributed by atoms with Crippen molar-refractivity contribution in [1.82, 2.24) is 10.2 Å². The monoisotopic (exact) mass is 305 g/mol. The van der Waals surface area contributed by atoms with Gasteiger partial charge in [0.25, 0.3) is 0 Å². The SMILES string of the molecule is Cc1cccc(C)c1NC(=O)C[C@@H](C(=O)O)N1CCNCC1. The number of carbonyl (C=O) groups excluding carboxylic acids is 1. The summed E-state index contributed by atoms with van der Waals surface area (Å²) < 4.78 is 0. The zero-order valence-corrected chi connectivity index (χ0v) is 13.1. The van der Waals surface area contributed by atoms with Gasteiger partial charge in [0, 0.05) is 31.9 Å². The third-order valence-electron chi connectivity index (χ3n) is 4.00. The lowest BCUT2D eigenvalue weighted by molar-refractivity contribution is -0.145. The molecule has 1 heterocycles. The van der Waals surface area contributed by atoms with Crippen molar-refractivity contribution in [2.75, 3.05) is 31.5 Å². The Morgan fingerprint density at radius 1 is 1.27 bits per heavy atom. The van der Waals surface area contributed by atoms with E-state index < -0.39 is 12.0 Å². The number of aliphatic carboxylic acids is 1. The van der Waals surface area contributed by atoms with Gasteiger partial charge in [0.1, 0.15) is 6.04 Å². The van der Waals surface area contributed by atoms with Crippen molar-refractivity contribution >= 4 is 17.6 Å². The zero-order valence-electron chi connectivity index (χ0n) is 13.1. The number of rotatable bonds is 5. The van der Waals surface area contributed by atoms with Gasteiger partial charge < -0.3 is 15.7 Å². The van der Waals surface area contributed by atoms with Crippen LogP contribution in [0.4, 0.5) is 5.69 Å². The number of anilines is 1. The van der Waals surface area contributed by atoms with Gasteiger partial charge in [-0.2, -0.15) is 0 Å². The fraction of sp³-hybridized carbons (Fsp3) is 0.500. The lowest BCUT2D eigenvalue weighted by Crippen LogP contribution is -2.52. The van der Waals surface area contributed by atoms with Gasteiger partial charge in [-0.1, -0.05) is 18.2 Å². The smallest absolute Gasteiger partial charge is 0.321 e. The fourth-order valence-corrected chi connectivity index (χ4v) is 2.74. The number of carbonyl (C=O) groups is 2. The maximum Gasteiger partial charge on any atom is 0.321 e. The van der Waals surface area contributed by atoms with Crippen LogP contribution in [0.1, 0.15) is 17.5 Å². The van der Waals surface area contributed by atoms with E-state index in [2.05, 4.69) is 10.6 Å². The number of nitrogens with zero attached hydrogens (tertiary/aromatic N) is 1. The number of carboxylic acids is 1. The first-order valence-corrected chi connectivity index (χ1v) is 7.52. The van der Waals surface area contributed by atoms with Gasteiger partial charge in [-0.15, -0.1) is 0 Å². The Bertz CT molecular complexity index is 533. The molecule has 0 bridgehead atoms. The topological polar surface area (TPSA) is 81.7 Å². The second kappa shape index (κ2) is 7.38. The van der Waals surface area contributed by atoms with E-state index in [-0.39, 0.29) is 12.3 Å². The summed E-state index contributed by atoms with van der Waals surface area (Å²) in [5.74, 6) is -1.21. The molecule has 1 aromatic rings. The second-order valence-electron chi connectivity index (χ2n) is 5.66. The van der Waals surface area contributed by atoms with Crippen molar-refractivity contribution in [3.8, 4) is 0 Å². The highest BCUT2D eigenvalue weighted by Crippen LogP contribution is 2.20. The Morgan fingerprint density at radius 2 is 1.86 bits per heavy atom. The van der Waals surface area contributed by atoms with Crippen molar-refractivity contribution in [3.63, 3.8) is 0 Å². The average Bonchev–Trinajstić information content (AvgIpc) is 2.49. The highest BCUT2D eigenvalue weighted by atomic mass is 16.4. The summed E-state index contributed by atoms with van der Waals surface area (Å²) in [6, 6.07) is 5.01. The van der Waals surface area contributed by atoms with E-state index in [4.69, 9.17) is 0 Å². The number of hydrogen-bond donors (Lipinski definition) is 3. The van der Waals surface area contributed by atoms with Crippen LogP contribution in [-0.2, 0) is 9.59 Å². The molecule has 1 saturated heterocycles. The van der Waals surface area contributed by atoms with Gasteiger partial charge in [-0.25, -0.2) is 0 Å². The van der Waals surface area contributed by atoms with Crippen molar-refractivity contribution < 1.29 is 14.7 Å². The highest BCUT2D eigenvalue weighted by molar-refractivity contribution is 5.95. The van der Waals surface area contributed by atoms with Gasteiger partial charge in [-0.3, -0.25) is 14.5 Å². The zero-order chi connectivity index (χ0) is 16.1. The molecular formula is C16H23N3O3. The summed E-state index contributed by atoms with van der Waals surface area (Å²) in [5.41, 5.74) is 2.72. The van der Waals surface area contributed by atoms with E-state index in [1.165, 1.54) is 0 Å². The molecule has 0 saturated carbocycles. The molecule has 2 rings (SSSR count). The highest BCUT2D eigenvalue weighted by Gasteiger charge is 2.29. The Balaban J connectivity index is 2.03. The molecule has 0 unspecified atom stereocenters. The van der Waals surface area contributed by atoms with Crippen LogP contribution in [0.5, 0.6) is 0 Å². The van der Waals surface area contributed by atoms with Crippen LogP contribution in [0.25, 0.3) is 0 Å². The van der Waals surface area contributed by atoms with Crippen molar-refractivity contribution in [2.45, 2.75) is 26.3 Å². The Hall–Kier alpha value is -1.92. The molecular weight excluding hydrogens is 282 g/mol. The molecule has 3 N–H and O–H groups in total. The van der Waals surface area contributed by atoms with Crippen LogP contribution in [0.2, 0.25) is 0 Å². The number of nitrogens with one attached hydrogen (secondary N) is 2. The normalized spacial score (nSPS) is 17.0. The first-order chi connectivity index (χ1) is 10.5. The summed E-state index contributed by atoms with van der Waals surface area (Å²) in [7, 11) is 0. The standard InChI is InChI=1S/C16H23N3O3/c1-11-4-3-5-12(2)15(11)18-14(20)10-13(16(21)22)19-8-6-17-7-9-19/h3-5,13,17H,6-10H2,1-2H3,(H,18,20)(H,21,22)/t13-/m0/s1. The molecule has 6 nitrogen and oxygen atoms in total. The number of aryl methyl sites for hydroxylation is 2. The quantitative estimate of drug-likeness (QED) is 0.756. The van der Waals surface area contributed by atoms with Crippen molar-refractivity contribution in [2.24, 2.45) is 0 Å². The van der Waals surface area contributed by atoms with E-state index >= 15 is 0 Å². The number of para-hydroxylation sites is 1. The van der Waals surface area contributed by atoms with Crippen molar-refractivity contribution in [1.29, 1.82) is 0 Å². The molecule has 120 valence electrons.